The molecule has 1 radical (unpaired) electrons. The lowest BCUT2D eigenvalue weighted by molar-refractivity contribution is 0.491. The van der Waals surface area contributed by atoms with Crippen LogP contribution in [-0.2, 0) is 0 Å². The molecular formula is C10H19. The maximum absolute atomic E-state index is 3.65. The van der Waals surface area contributed by atoms with Gasteiger partial charge in [-0.25, -0.2) is 0 Å². The van der Waals surface area contributed by atoms with E-state index in [0.717, 1.165) is 5.92 Å². The Labute approximate surface area is 65.3 Å². The van der Waals surface area contributed by atoms with E-state index in [0.29, 0.717) is 0 Å². The van der Waals surface area contributed by atoms with Crippen molar-refractivity contribution < 1.29 is 0 Å². The Morgan fingerprint density at radius 3 is 2.60 bits per heavy atom. The second-order valence-electron chi connectivity index (χ2n) is 2.94. The zero-order valence-corrected chi connectivity index (χ0v) is 7.27. The van der Waals surface area contributed by atoms with E-state index in [4.69, 9.17) is 0 Å². The molecule has 59 valence electrons. The molecule has 0 bridgehead atoms. The van der Waals surface area contributed by atoms with Gasteiger partial charge < -0.3 is 0 Å². The van der Waals surface area contributed by atoms with Gasteiger partial charge in [0.15, 0.2) is 0 Å². The summed E-state index contributed by atoms with van der Waals surface area (Å²) in [6.45, 7) is 8.21. The molecule has 0 spiro atoms. The summed E-state index contributed by atoms with van der Waals surface area (Å²) in [6.07, 6.45) is 9.23. The Kier molecular flexibility index (Phi) is 6.68. The van der Waals surface area contributed by atoms with Gasteiger partial charge in [-0.2, -0.15) is 0 Å². The standard InChI is InChI=1S/C10H19/c1-4-6-7-9-10(3)8-5-2/h4,6,10H,1,5,7-9H2,2-3H3/b6-4+. The van der Waals surface area contributed by atoms with E-state index in [9.17, 15) is 0 Å². The average molecular weight is 139 g/mol. The van der Waals surface area contributed by atoms with E-state index in [-0.39, 0.29) is 0 Å². The summed E-state index contributed by atoms with van der Waals surface area (Å²) < 4.78 is 0. The van der Waals surface area contributed by atoms with E-state index in [1.54, 1.807) is 0 Å². The van der Waals surface area contributed by atoms with Crippen molar-refractivity contribution in [2.75, 3.05) is 0 Å². The summed E-state index contributed by atoms with van der Waals surface area (Å²) in [5.74, 6) is 0.890. The summed E-state index contributed by atoms with van der Waals surface area (Å²) in [5, 5.41) is 0. The minimum absolute atomic E-state index is 0.890. The quantitative estimate of drug-likeness (QED) is 0.546. The summed E-state index contributed by atoms with van der Waals surface area (Å²) in [4.78, 5) is 0. The molecule has 0 saturated heterocycles. The summed E-state index contributed by atoms with van der Waals surface area (Å²) in [7, 11) is 0. The van der Waals surface area contributed by atoms with Gasteiger partial charge in [0.1, 0.15) is 0 Å². The van der Waals surface area contributed by atoms with Gasteiger partial charge in [0, 0.05) is 0 Å². The Balaban J connectivity index is 3.12. The van der Waals surface area contributed by atoms with Crippen LogP contribution in [0.3, 0.4) is 0 Å². The summed E-state index contributed by atoms with van der Waals surface area (Å²) >= 11 is 0. The second-order valence-corrected chi connectivity index (χ2v) is 2.94. The van der Waals surface area contributed by atoms with Crippen molar-refractivity contribution in [3.05, 3.63) is 19.1 Å². The molecule has 0 heteroatoms. The molecule has 10 heavy (non-hydrogen) atoms. The number of hydrogen-bond donors (Lipinski definition) is 0. The van der Waals surface area contributed by atoms with Crippen LogP contribution in [0.5, 0.6) is 0 Å². The highest BCUT2D eigenvalue weighted by Crippen LogP contribution is 2.11. The molecule has 0 fully saturated rings. The number of rotatable bonds is 5. The zero-order chi connectivity index (χ0) is 7.82. The van der Waals surface area contributed by atoms with Gasteiger partial charge in [-0.05, 0) is 25.7 Å². The lowest BCUT2D eigenvalue weighted by Gasteiger charge is -2.06. The fraction of sp³-hybridized carbons (Fsp3) is 0.700. The molecule has 1 atom stereocenters. The normalized spacial score (nSPS) is 14.3. The first-order valence-corrected chi connectivity index (χ1v) is 4.25. The van der Waals surface area contributed by atoms with Crippen LogP contribution in [-0.4, -0.2) is 0 Å². The van der Waals surface area contributed by atoms with Gasteiger partial charge in [-0.1, -0.05) is 38.8 Å². The van der Waals surface area contributed by atoms with Crippen LogP contribution in [0.2, 0.25) is 0 Å². The van der Waals surface area contributed by atoms with Crippen molar-refractivity contribution in [2.24, 2.45) is 5.92 Å². The van der Waals surface area contributed by atoms with E-state index in [1.807, 2.05) is 6.08 Å². The molecule has 1 unspecified atom stereocenters. The highest BCUT2D eigenvalue weighted by Gasteiger charge is 1.96. The molecule has 0 aromatic heterocycles. The third-order valence-corrected chi connectivity index (χ3v) is 1.77. The lowest BCUT2D eigenvalue weighted by Crippen LogP contribution is -1.91. The molecule has 0 aromatic carbocycles. The molecule has 0 rings (SSSR count). The van der Waals surface area contributed by atoms with Crippen LogP contribution in [0.4, 0.5) is 0 Å². The summed E-state index contributed by atoms with van der Waals surface area (Å²) in [5.41, 5.74) is 0. The minimum atomic E-state index is 0.890. The minimum Gasteiger partial charge on any atom is -0.0885 e. The first-order chi connectivity index (χ1) is 4.81. The first-order valence-electron chi connectivity index (χ1n) is 4.25. The Morgan fingerprint density at radius 2 is 2.10 bits per heavy atom. The zero-order valence-electron chi connectivity index (χ0n) is 7.27. The fourth-order valence-electron chi connectivity index (χ4n) is 1.14. The third kappa shape index (κ3) is 5.87. The molecule has 0 heterocycles. The molecule has 0 aliphatic heterocycles. The molecule has 0 N–H and O–H groups in total. The molecule has 0 aromatic rings. The molecular weight excluding hydrogens is 120 g/mol. The van der Waals surface area contributed by atoms with Crippen molar-refractivity contribution >= 4 is 0 Å². The van der Waals surface area contributed by atoms with Crippen molar-refractivity contribution in [3.63, 3.8) is 0 Å². The number of allylic oxidation sites excluding steroid dienone is 2. The van der Waals surface area contributed by atoms with E-state index >= 15 is 0 Å². The molecule has 0 saturated carbocycles. The van der Waals surface area contributed by atoms with Crippen LogP contribution in [0.25, 0.3) is 0 Å². The predicted octanol–water partition coefficient (Wildman–Crippen LogP) is 3.59. The average Bonchev–Trinajstić information content (AvgIpc) is 1.89. The highest BCUT2D eigenvalue weighted by atomic mass is 14.0. The molecule has 0 amide bonds. The van der Waals surface area contributed by atoms with Crippen LogP contribution >= 0.6 is 0 Å². The first kappa shape index (κ1) is 9.74. The van der Waals surface area contributed by atoms with Gasteiger partial charge in [0.2, 0.25) is 0 Å². The third-order valence-electron chi connectivity index (χ3n) is 1.77. The van der Waals surface area contributed by atoms with Gasteiger partial charge in [0.05, 0.1) is 0 Å². The van der Waals surface area contributed by atoms with Crippen molar-refractivity contribution in [3.8, 4) is 0 Å². The highest BCUT2D eigenvalue weighted by molar-refractivity contribution is 4.83. The second kappa shape index (κ2) is 6.85. The smallest absolute Gasteiger partial charge is 0.0316 e. The van der Waals surface area contributed by atoms with Crippen LogP contribution in [0.15, 0.2) is 12.2 Å². The van der Waals surface area contributed by atoms with Gasteiger partial charge in [-0.3, -0.25) is 0 Å². The number of hydrogen-bond acceptors (Lipinski definition) is 0. The van der Waals surface area contributed by atoms with E-state index in [2.05, 4.69) is 26.8 Å². The van der Waals surface area contributed by atoms with Crippen LogP contribution < -0.4 is 0 Å². The van der Waals surface area contributed by atoms with Crippen molar-refractivity contribution in [2.45, 2.75) is 39.5 Å². The maximum Gasteiger partial charge on any atom is -0.0316 e. The van der Waals surface area contributed by atoms with Gasteiger partial charge >= 0.3 is 0 Å². The van der Waals surface area contributed by atoms with Crippen LogP contribution in [0, 0.1) is 12.8 Å². The molecule has 0 aliphatic carbocycles. The van der Waals surface area contributed by atoms with Crippen LogP contribution in [0.1, 0.15) is 39.5 Å². The molecule has 0 aliphatic rings. The largest absolute Gasteiger partial charge is 0.0885 e. The topological polar surface area (TPSA) is 0 Å². The fourth-order valence-corrected chi connectivity index (χ4v) is 1.14. The maximum atomic E-state index is 3.65. The van der Waals surface area contributed by atoms with Crippen molar-refractivity contribution in [1.29, 1.82) is 0 Å². The summed E-state index contributed by atoms with van der Waals surface area (Å²) in [6, 6.07) is 0. The monoisotopic (exact) mass is 139 g/mol. The van der Waals surface area contributed by atoms with E-state index < -0.39 is 0 Å². The van der Waals surface area contributed by atoms with Gasteiger partial charge in [-0.15, -0.1) is 0 Å². The Bertz CT molecular complexity index is 82.0. The lowest BCUT2D eigenvalue weighted by atomic mass is 10.0. The Morgan fingerprint density at radius 1 is 1.40 bits per heavy atom. The predicted molar refractivity (Wildman–Crippen MR) is 47.8 cm³/mol. The SMILES string of the molecule is [CH2]/C=C/CCC(C)CCC. The Hall–Kier alpha value is -0.260. The van der Waals surface area contributed by atoms with E-state index in [1.165, 1.54) is 25.7 Å². The van der Waals surface area contributed by atoms with Crippen molar-refractivity contribution in [1.82, 2.24) is 0 Å². The molecule has 0 nitrogen and oxygen atoms in total. The van der Waals surface area contributed by atoms with Gasteiger partial charge in [0.25, 0.3) is 0 Å².